The van der Waals surface area contributed by atoms with Crippen LogP contribution in [0.2, 0.25) is 0 Å². The molecule has 3 aliphatic heterocycles. The number of hydrogen-bond donors (Lipinski definition) is 2. The van der Waals surface area contributed by atoms with Crippen LogP contribution < -0.4 is 10.6 Å². The van der Waals surface area contributed by atoms with Crippen LogP contribution in [0.5, 0.6) is 0 Å². The van der Waals surface area contributed by atoms with Crippen LogP contribution in [0.3, 0.4) is 0 Å². The molecule has 0 atom stereocenters. The molecule has 0 saturated carbocycles. The molecule has 3 heterocycles. The SMILES string of the molecule is CCCCC1N(C2CC(C)(C)NC(C)(C)C2)CCN1C1CC(C)(C)NC(C)(C)C1. The molecule has 170 valence electrons. The Labute approximate surface area is 181 Å². The summed E-state index contributed by atoms with van der Waals surface area (Å²) in [5.74, 6) is 0. The molecule has 0 aromatic rings. The molecule has 0 radical (unpaired) electrons. The number of nitrogens with one attached hydrogen (secondary N) is 2. The Balaban J connectivity index is 1.81. The monoisotopic (exact) mass is 406 g/mol. The lowest BCUT2D eigenvalue weighted by Crippen LogP contribution is -2.64. The van der Waals surface area contributed by atoms with Crippen molar-refractivity contribution in [3.63, 3.8) is 0 Å². The average Bonchev–Trinajstić information content (AvgIpc) is 2.90. The normalized spacial score (nSPS) is 31.3. The first-order valence-electron chi connectivity index (χ1n) is 12.3. The topological polar surface area (TPSA) is 30.5 Å². The Morgan fingerprint density at radius 1 is 0.655 bits per heavy atom. The van der Waals surface area contributed by atoms with E-state index in [1.807, 2.05) is 0 Å². The zero-order valence-corrected chi connectivity index (χ0v) is 21.0. The molecule has 29 heavy (non-hydrogen) atoms. The van der Waals surface area contributed by atoms with Crippen molar-refractivity contribution in [1.29, 1.82) is 0 Å². The molecule has 2 N–H and O–H groups in total. The van der Waals surface area contributed by atoms with Gasteiger partial charge in [-0.05, 0) is 87.5 Å². The highest BCUT2D eigenvalue weighted by Gasteiger charge is 2.48. The third-order valence-corrected chi connectivity index (χ3v) is 7.47. The van der Waals surface area contributed by atoms with Crippen molar-refractivity contribution >= 4 is 0 Å². The van der Waals surface area contributed by atoms with Gasteiger partial charge in [-0.25, -0.2) is 0 Å². The third-order valence-electron chi connectivity index (χ3n) is 7.47. The van der Waals surface area contributed by atoms with E-state index in [2.05, 4.69) is 82.7 Å². The maximum absolute atomic E-state index is 3.89. The number of piperidine rings is 2. The summed E-state index contributed by atoms with van der Waals surface area (Å²) in [5, 5.41) is 7.78. The summed E-state index contributed by atoms with van der Waals surface area (Å²) in [6.07, 6.45) is 9.63. The van der Waals surface area contributed by atoms with E-state index in [1.54, 1.807) is 0 Å². The molecule has 0 amide bonds. The van der Waals surface area contributed by atoms with Crippen molar-refractivity contribution in [3.8, 4) is 0 Å². The van der Waals surface area contributed by atoms with E-state index in [9.17, 15) is 0 Å². The fourth-order valence-corrected chi connectivity index (χ4v) is 7.30. The van der Waals surface area contributed by atoms with Gasteiger partial charge in [0.05, 0.1) is 6.17 Å². The van der Waals surface area contributed by atoms with Crippen molar-refractivity contribution in [2.45, 2.75) is 148 Å². The second-order valence-corrected chi connectivity index (χ2v) is 13.0. The summed E-state index contributed by atoms with van der Waals surface area (Å²) >= 11 is 0. The Morgan fingerprint density at radius 2 is 1.00 bits per heavy atom. The summed E-state index contributed by atoms with van der Waals surface area (Å²) in [5.41, 5.74) is 0.865. The molecule has 0 unspecified atom stereocenters. The quantitative estimate of drug-likeness (QED) is 0.690. The molecule has 3 rings (SSSR count). The number of nitrogens with zero attached hydrogens (tertiary/aromatic N) is 2. The number of rotatable bonds is 5. The second kappa shape index (κ2) is 8.07. The molecule has 0 spiro atoms. The minimum Gasteiger partial charge on any atom is -0.307 e. The zero-order chi connectivity index (χ0) is 21.7. The third kappa shape index (κ3) is 5.75. The highest BCUT2D eigenvalue weighted by molar-refractivity contribution is 5.05. The molecular formula is C25H50N4. The molecule has 3 fully saturated rings. The lowest BCUT2D eigenvalue weighted by atomic mass is 9.78. The van der Waals surface area contributed by atoms with Crippen molar-refractivity contribution in [2.75, 3.05) is 13.1 Å². The van der Waals surface area contributed by atoms with Gasteiger partial charge in [0.1, 0.15) is 0 Å². The standard InChI is InChI=1S/C25H50N4/c1-10-11-12-21-28(19-15-22(2,3)26-23(4,5)16-19)13-14-29(21)20-17-24(6,7)27-25(8,9)18-20/h19-21,26-27H,10-18H2,1-9H3. The van der Waals surface area contributed by atoms with E-state index >= 15 is 0 Å². The average molecular weight is 407 g/mol. The smallest absolute Gasteiger partial charge is 0.0628 e. The van der Waals surface area contributed by atoms with Crippen molar-refractivity contribution in [2.24, 2.45) is 0 Å². The van der Waals surface area contributed by atoms with Crippen LogP contribution in [0.1, 0.15) is 107 Å². The van der Waals surface area contributed by atoms with Crippen LogP contribution in [0, 0.1) is 0 Å². The molecule has 4 nitrogen and oxygen atoms in total. The number of unbranched alkanes of at least 4 members (excludes halogenated alkanes) is 1. The van der Waals surface area contributed by atoms with E-state index in [4.69, 9.17) is 0 Å². The summed E-state index contributed by atoms with van der Waals surface area (Å²) in [6, 6.07) is 1.38. The molecule has 0 aromatic carbocycles. The largest absolute Gasteiger partial charge is 0.307 e. The first kappa shape index (κ1) is 23.5. The number of hydrogen-bond acceptors (Lipinski definition) is 4. The summed E-state index contributed by atoms with van der Waals surface area (Å²) in [7, 11) is 0. The van der Waals surface area contributed by atoms with Crippen LogP contribution in [-0.2, 0) is 0 Å². The van der Waals surface area contributed by atoms with E-state index in [1.165, 1.54) is 58.0 Å². The van der Waals surface area contributed by atoms with Crippen LogP contribution in [0.4, 0.5) is 0 Å². The van der Waals surface area contributed by atoms with Crippen molar-refractivity contribution in [1.82, 2.24) is 20.4 Å². The predicted octanol–water partition coefficient (Wildman–Crippen LogP) is 4.74. The highest BCUT2D eigenvalue weighted by atomic mass is 15.4. The molecule has 0 aromatic heterocycles. The van der Waals surface area contributed by atoms with Crippen LogP contribution >= 0.6 is 0 Å². The van der Waals surface area contributed by atoms with Gasteiger partial charge in [0.25, 0.3) is 0 Å². The van der Waals surface area contributed by atoms with Crippen LogP contribution in [0.15, 0.2) is 0 Å². The Kier molecular flexibility index (Phi) is 6.54. The predicted molar refractivity (Wildman–Crippen MR) is 125 cm³/mol. The highest BCUT2D eigenvalue weighted by Crippen LogP contribution is 2.39. The lowest BCUT2D eigenvalue weighted by molar-refractivity contribution is -0.00810. The van der Waals surface area contributed by atoms with Gasteiger partial charge in [-0.1, -0.05) is 19.8 Å². The first-order valence-corrected chi connectivity index (χ1v) is 12.3. The second-order valence-electron chi connectivity index (χ2n) is 13.0. The molecule has 0 bridgehead atoms. The van der Waals surface area contributed by atoms with Crippen molar-refractivity contribution in [3.05, 3.63) is 0 Å². The molecule has 0 aliphatic carbocycles. The summed E-state index contributed by atoms with van der Waals surface area (Å²) in [4.78, 5) is 5.84. The fourth-order valence-electron chi connectivity index (χ4n) is 7.30. The van der Waals surface area contributed by atoms with Gasteiger partial charge in [-0.15, -0.1) is 0 Å². The van der Waals surface area contributed by atoms with E-state index in [0.717, 1.165) is 0 Å². The zero-order valence-electron chi connectivity index (χ0n) is 21.0. The minimum absolute atomic E-state index is 0.216. The van der Waals surface area contributed by atoms with Crippen LogP contribution in [-0.4, -0.2) is 63.3 Å². The van der Waals surface area contributed by atoms with Gasteiger partial charge in [0, 0.05) is 47.3 Å². The maximum Gasteiger partial charge on any atom is 0.0628 e. The first-order chi connectivity index (χ1) is 13.2. The van der Waals surface area contributed by atoms with Crippen LogP contribution in [0.25, 0.3) is 0 Å². The van der Waals surface area contributed by atoms with E-state index in [0.29, 0.717) is 18.2 Å². The minimum atomic E-state index is 0.216. The van der Waals surface area contributed by atoms with Gasteiger partial charge < -0.3 is 10.6 Å². The van der Waals surface area contributed by atoms with Gasteiger partial charge in [0.15, 0.2) is 0 Å². The fraction of sp³-hybridized carbons (Fsp3) is 1.00. The van der Waals surface area contributed by atoms with E-state index in [-0.39, 0.29) is 22.2 Å². The van der Waals surface area contributed by atoms with Gasteiger partial charge in [-0.3, -0.25) is 9.80 Å². The molecular weight excluding hydrogens is 356 g/mol. The molecule has 4 heteroatoms. The van der Waals surface area contributed by atoms with Gasteiger partial charge in [-0.2, -0.15) is 0 Å². The van der Waals surface area contributed by atoms with E-state index < -0.39 is 0 Å². The lowest BCUT2D eigenvalue weighted by Gasteiger charge is -2.52. The summed E-state index contributed by atoms with van der Waals surface area (Å²) < 4.78 is 0. The maximum atomic E-state index is 3.89. The Bertz CT molecular complexity index is 487. The van der Waals surface area contributed by atoms with Gasteiger partial charge in [0.2, 0.25) is 0 Å². The summed E-state index contributed by atoms with van der Waals surface area (Å²) in [6.45, 7) is 24.0. The van der Waals surface area contributed by atoms with Crippen molar-refractivity contribution < 1.29 is 0 Å². The molecule has 3 aliphatic rings. The Hall–Kier alpha value is -0.160. The van der Waals surface area contributed by atoms with Gasteiger partial charge >= 0.3 is 0 Å². The molecule has 3 saturated heterocycles. The Morgan fingerprint density at radius 3 is 1.31 bits per heavy atom.